The Balaban J connectivity index is 1.74. The monoisotopic (exact) mass is 372 g/mol. The van der Waals surface area contributed by atoms with E-state index < -0.39 is 7.14 Å². The van der Waals surface area contributed by atoms with Crippen molar-refractivity contribution < 1.29 is 4.57 Å². The standard InChI is InChI=1S/C25H25OP/c26-27(21-18-24-13-6-2-7-14-24,22-19-25-15-8-3-9-16-25)20-10-17-23-11-4-1-5-12-23/h1-9,11-16,18-19,21-22H,10,17,20H2/b21-18-,22-19-. The third kappa shape index (κ3) is 6.55. The van der Waals surface area contributed by atoms with Gasteiger partial charge in [-0.1, -0.05) is 103 Å². The molecule has 3 aromatic rings. The summed E-state index contributed by atoms with van der Waals surface area (Å²) in [5.41, 5.74) is 3.45. The zero-order chi connectivity index (χ0) is 18.8. The van der Waals surface area contributed by atoms with Crippen LogP contribution in [0.4, 0.5) is 0 Å². The van der Waals surface area contributed by atoms with E-state index in [0.29, 0.717) is 6.16 Å². The van der Waals surface area contributed by atoms with Gasteiger partial charge in [0.05, 0.1) is 0 Å². The smallest absolute Gasteiger partial charge is 0.129 e. The summed E-state index contributed by atoms with van der Waals surface area (Å²) in [6.07, 6.45) is 6.49. The van der Waals surface area contributed by atoms with Crippen LogP contribution in [0.5, 0.6) is 0 Å². The third-order valence-electron chi connectivity index (χ3n) is 4.45. The van der Waals surface area contributed by atoms with Gasteiger partial charge >= 0.3 is 0 Å². The predicted molar refractivity (Wildman–Crippen MR) is 118 cm³/mol. The molecule has 3 rings (SSSR count). The Hall–Kier alpha value is -2.63. The second-order valence-electron chi connectivity index (χ2n) is 6.62. The Bertz CT molecular complexity index is 859. The van der Waals surface area contributed by atoms with Gasteiger partial charge in [-0.15, -0.1) is 0 Å². The second-order valence-corrected chi connectivity index (χ2v) is 9.37. The van der Waals surface area contributed by atoms with Crippen molar-refractivity contribution in [2.45, 2.75) is 12.8 Å². The summed E-state index contributed by atoms with van der Waals surface area (Å²) in [5, 5.41) is 0. The number of rotatable bonds is 8. The van der Waals surface area contributed by atoms with Crippen LogP contribution in [0, 0.1) is 0 Å². The maximum Gasteiger partial charge on any atom is 0.129 e. The van der Waals surface area contributed by atoms with E-state index in [9.17, 15) is 4.57 Å². The van der Waals surface area contributed by atoms with E-state index in [1.54, 1.807) is 0 Å². The second kappa shape index (κ2) is 9.90. The molecule has 0 atom stereocenters. The van der Waals surface area contributed by atoms with Crippen molar-refractivity contribution in [3.05, 3.63) is 119 Å². The molecule has 0 saturated heterocycles. The molecule has 0 fully saturated rings. The lowest BCUT2D eigenvalue weighted by Crippen LogP contribution is -1.90. The van der Waals surface area contributed by atoms with Crippen LogP contribution in [0.3, 0.4) is 0 Å². The highest BCUT2D eigenvalue weighted by Crippen LogP contribution is 2.50. The lowest BCUT2D eigenvalue weighted by atomic mass is 10.1. The van der Waals surface area contributed by atoms with Crippen LogP contribution in [0.15, 0.2) is 103 Å². The first-order valence-corrected chi connectivity index (χ1v) is 11.4. The third-order valence-corrected chi connectivity index (χ3v) is 6.78. The van der Waals surface area contributed by atoms with Crippen molar-refractivity contribution in [2.75, 3.05) is 6.16 Å². The minimum absolute atomic E-state index is 0.675. The summed E-state index contributed by atoms with van der Waals surface area (Å²) in [4.78, 5) is 0. The highest BCUT2D eigenvalue weighted by atomic mass is 31.2. The molecule has 0 heterocycles. The maximum atomic E-state index is 13.6. The molecule has 0 spiro atoms. The van der Waals surface area contributed by atoms with E-state index in [4.69, 9.17) is 0 Å². The van der Waals surface area contributed by atoms with Gasteiger partial charge in [-0.05, 0) is 41.2 Å². The quantitative estimate of drug-likeness (QED) is 0.378. The van der Waals surface area contributed by atoms with Crippen LogP contribution < -0.4 is 0 Å². The highest BCUT2D eigenvalue weighted by Gasteiger charge is 2.14. The summed E-state index contributed by atoms with van der Waals surface area (Å²) < 4.78 is 13.6. The molecule has 2 heteroatoms. The van der Waals surface area contributed by atoms with Gasteiger partial charge in [0.1, 0.15) is 7.14 Å². The van der Waals surface area contributed by atoms with E-state index in [1.807, 2.05) is 90.5 Å². The summed E-state index contributed by atoms with van der Waals surface area (Å²) in [7, 11) is -2.55. The normalized spacial score (nSPS) is 12.0. The van der Waals surface area contributed by atoms with Crippen molar-refractivity contribution in [3.63, 3.8) is 0 Å². The molecule has 0 N–H and O–H groups in total. The number of hydrogen-bond acceptors (Lipinski definition) is 1. The first kappa shape index (κ1) is 19.1. The fourth-order valence-electron chi connectivity index (χ4n) is 2.93. The van der Waals surface area contributed by atoms with Crippen molar-refractivity contribution in [1.82, 2.24) is 0 Å². The van der Waals surface area contributed by atoms with E-state index in [0.717, 1.165) is 24.0 Å². The van der Waals surface area contributed by atoms with E-state index in [-0.39, 0.29) is 0 Å². The Morgan fingerprint density at radius 3 is 1.56 bits per heavy atom. The fourth-order valence-corrected chi connectivity index (χ4v) is 4.83. The van der Waals surface area contributed by atoms with Crippen LogP contribution in [0.1, 0.15) is 23.1 Å². The Morgan fingerprint density at radius 2 is 1.07 bits per heavy atom. The summed E-state index contributed by atoms with van der Waals surface area (Å²) in [6, 6.07) is 30.5. The molecule has 0 unspecified atom stereocenters. The van der Waals surface area contributed by atoms with Crippen LogP contribution in [-0.2, 0) is 11.0 Å². The fraction of sp³-hybridized carbons (Fsp3) is 0.120. The average Bonchev–Trinajstić information content (AvgIpc) is 2.73. The minimum atomic E-state index is -2.55. The molecular formula is C25H25OP. The minimum Gasteiger partial charge on any atom is -0.315 e. The Morgan fingerprint density at radius 1 is 0.630 bits per heavy atom. The molecule has 3 aromatic carbocycles. The number of hydrogen-bond donors (Lipinski definition) is 0. The zero-order valence-electron chi connectivity index (χ0n) is 15.4. The van der Waals surface area contributed by atoms with Gasteiger partial charge in [0.15, 0.2) is 0 Å². The summed E-state index contributed by atoms with van der Waals surface area (Å²) in [5.74, 6) is 3.82. The molecular weight excluding hydrogens is 347 g/mol. The van der Waals surface area contributed by atoms with Gasteiger partial charge in [-0.25, -0.2) is 0 Å². The Labute approximate surface area is 162 Å². The van der Waals surface area contributed by atoms with Crippen molar-refractivity contribution in [2.24, 2.45) is 0 Å². The largest absolute Gasteiger partial charge is 0.315 e. The molecule has 0 saturated carbocycles. The van der Waals surface area contributed by atoms with Gasteiger partial charge in [0, 0.05) is 6.16 Å². The lowest BCUT2D eigenvalue weighted by Gasteiger charge is -2.10. The molecule has 1 nitrogen and oxygen atoms in total. The summed E-state index contributed by atoms with van der Waals surface area (Å²) >= 11 is 0. The number of aryl methyl sites for hydroxylation is 1. The van der Waals surface area contributed by atoms with Crippen LogP contribution in [0.25, 0.3) is 12.2 Å². The van der Waals surface area contributed by atoms with Crippen LogP contribution in [-0.4, -0.2) is 6.16 Å². The van der Waals surface area contributed by atoms with Gasteiger partial charge in [-0.2, -0.15) is 0 Å². The van der Waals surface area contributed by atoms with Gasteiger partial charge in [0.2, 0.25) is 0 Å². The molecule has 27 heavy (non-hydrogen) atoms. The molecule has 0 aliphatic carbocycles. The molecule has 0 aromatic heterocycles. The molecule has 0 amide bonds. The van der Waals surface area contributed by atoms with Crippen molar-refractivity contribution in [1.29, 1.82) is 0 Å². The van der Waals surface area contributed by atoms with E-state index in [1.165, 1.54) is 5.56 Å². The molecule has 0 aliphatic heterocycles. The molecule has 0 radical (unpaired) electrons. The average molecular weight is 372 g/mol. The molecule has 136 valence electrons. The summed E-state index contributed by atoms with van der Waals surface area (Å²) in [6.45, 7) is 0. The van der Waals surface area contributed by atoms with Crippen molar-refractivity contribution in [3.8, 4) is 0 Å². The topological polar surface area (TPSA) is 17.1 Å². The molecule has 0 bridgehead atoms. The lowest BCUT2D eigenvalue weighted by molar-refractivity contribution is 0.584. The van der Waals surface area contributed by atoms with Crippen LogP contribution in [0.2, 0.25) is 0 Å². The number of benzene rings is 3. The van der Waals surface area contributed by atoms with Crippen LogP contribution >= 0.6 is 7.14 Å². The first-order chi connectivity index (χ1) is 13.2. The predicted octanol–water partition coefficient (Wildman–Crippen LogP) is 7.32. The first-order valence-electron chi connectivity index (χ1n) is 9.34. The SMILES string of the molecule is O=P(/C=C\c1ccccc1)(/C=C\c1ccccc1)CCCc1ccccc1. The van der Waals surface area contributed by atoms with E-state index >= 15 is 0 Å². The Kier molecular flexibility index (Phi) is 7.02. The maximum absolute atomic E-state index is 13.6. The van der Waals surface area contributed by atoms with Crippen molar-refractivity contribution >= 4 is 19.3 Å². The highest BCUT2D eigenvalue weighted by molar-refractivity contribution is 7.70. The van der Waals surface area contributed by atoms with Gasteiger partial charge in [-0.3, -0.25) is 0 Å². The van der Waals surface area contributed by atoms with Gasteiger partial charge < -0.3 is 4.57 Å². The zero-order valence-corrected chi connectivity index (χ0v) is 16.3. The molecule has 0 aliphatic rings. The van der Waals surface area contributed by atoms with E-state index in [2.05, 4.69) is 24.3 Å². The van der Waals surface area contributed by atoms with Gasteiger partial charge in [0.25, 0.3) is 0 Å².